The maximum atomic E-state index is 11.7. The van der Waals surface area contributed by atoms with Crippen molar-refractivity contribution in [1.29, 1.82) is 0 Å². The van der Waals surface area contributed by atoms with Crippen molar-refractivity contribution < 1.29 is 9.90 Å². The molecule has 1 heterocycles. The zero-order valence-electron chi connectivity index (χ0n) is 10.1. The van der Waals surface area contributed by atoms with Crippen molar-refractivity contribution in [3.05, 3.63) is 29.8 Å². The number of rotatable bonds is 2. The van der Waals surface area contributed by atoms with Crippen LogP contribution in [0.1, 0.15) is 25.5 Å². The number of carbonyl (C=O) groups excluding carboxylic acids is 1. The van der Waals surface area contributed by atoms with Gasteiger partial charge in [0.05, 0.1) is 12.1 Å². The predicted octanol–water partition coefficient (Wildman–Crippen LogP) is 1.18. The van der Waals surface area contributed by atoms with Gasteiger partial charge in [-0.05, 0) is 23.6 Å². The summed E-state index contributed by atoms with van der Waals surface area (Å²) in [5, 5.41) is 15.7. The molecule has 2 unspecified atom stereocenters. The average molecular weight is 234 g/mol. The van der Waals surface area contributed by atoms with Crippen molar-refractivity contribution in [1.82, 2.24) is 10.6 Å². The fourth-order valence-corrected chi connectivity index (χ4v) is 2.11. The Bertz CT molecular complexity index is 418. The standard InChI is InChI=1S/C13H18N2O2/c1-8(2)12-13(17)14-7-11(15-12)9-4-3-5-10(16)6-9/h3-6,8,11-12,15-16H,7H2,1-2H3,(H,14,17). The van der Waals surface area contributed by atoms with E-state index < -0.39 is 0 Å². The largest absolute Gasteiger partial charge is 0.508 e. The molecule has 2 atom stereocenters. The van der Waals surface area contributed by atoms with Gasteiger partial charge in [0.2, 0.25) is 5.91 Å². The first-order valence-corrected chi connectivity index (χ1v) is 5.90. The van der Waals surface area contributed by atoms with E-state index in [4.69, 9.17) is 0 Å². The molecule has 0 bridgehead atoms. The number of hydrogen-bond acceptors (Lipinski definition) is 3. The fourth-order valence-electron chi connectivity index (χ4n) is 2.11. The summed E-state index contributed by atoms with van der Waals surface area (Å²) in [5.74, 6) is 0.550. The SMILES string of the molecule is CC(C)C1NC(c2cccc(O)c2)CNC1=O. The number of piperazine rings is 1. The maximum Gasteiger partial charge on any atom is 0.237 e. The molecule has 0 spiro atoms. The molecular formula is C13H18N2O2. The van der Waals surface area contributed by atoms with E-state index in [-0.39, 0.29) is 29.7 Å². The van der Waals surface area contributed by atoms with Crippen LogP contribution in [0, 0.1) is 5.92 Å². The van der Waals surface area contributed by atoms with E-state index in [0.29, 0.717) is 6.54 Å². The van der Waals surface area contributed by atoms with Crippen molar-refractivity contribution in [2.45, 2.75) is 25.9 Å². The Morgan fingerprint density at radius 2 is 2.18 bits per heavy atom. The number of aromatic hydroxyl groups is 1. The number of hydrogen-bond donors (Lipinski definition) is 3. The molecule has 1 amide bonds. The Balaban J connectivity index is 2.16. The van der Waals surface area contributed by atoms with Crippen LogP contribution in [-0.2, 0) is 4.79 Å². The Labute approximate surface area is 101 Å². The first-order valence-electron chi connectivity index (χ1n) is 5.90. The van der Waals surface area contributed by atoms with Gasteiger partial charge in [-0.1, -0.05) is 26.0 Å². The summed E-state index contributed by atoms with van der Waals surface area (Å²) in [6.07, 6.45) is 0. The van der Waals surface area contributed by atoms with Crippen LogP contribution in [0.15, 0.2) is 24.3 Å². The highest BCUT2D eigenvalue weighted by molar-refractivity contribution is 5.83. The minimum absolute atomic E-state index is 0.0522. The maximum absolute atomic E-state index is 11.7. The lowest BCUT2D eigenvalue weighted by Gasteiger charge is -2.33. The monoisotopic (exact) mass is 234 g/mol. The summed E-state index contributed by atoms with van der Waals surface area (Å²) in [7, 11) is 0. The van der Waals surface area contributed by atoms with Gasteiger partial charge in [0.1, 0.15) is 5.75 Å². The van der Waals surface area contributed by atoms with Gasteiger partial charge in [-0.3, -0.25) is 10.1 Å². The molecule has 0 radical (unpaired) electrons. The summed E-state index contributed by atoms with van der Waals surface area (Å²) < 4.78 is 0. The predicted molar refractivity (Wildman–Crippen MR) is 65.6 cm³/mol. The van der Waals surface area contributed by atoms with Gasteiger partial charge in [-0.15, -0.1) is 0 Å². The van der Waals surface area contributed by atoms with E-state index in [0.717, 1.165) is 5.56 Å². The molecule has 1 aliphatic heterocycles. The van der Waals surface area contributed by atoms with Crippen molar-refractivity contribution in [3.63, 3.8) is 0 Å². The number of benzene rings is 1. The molecule has 4 heteroatoms. The summed E-state index contributed by atoms with van der Waals surface area (Å²) in [6, 6.07) is 7.03. The fraction of sp³-hybridized carbons (Fsp3) is 0.462. The Morgan fingerprint density at radius 3 is 2.82 bits per heavy atom. The molecule has 1 aromatic rings. The van der Waals surface area contributed by atoms with Crippen LogP contribution >= 0.6 is 0 Å². The van der Waals surface area contributed by atoms with Gasteiger partial charge in [-0.25, -0.2) is 0 Å². The summed E-state index contributed by atoms with van der Waals surface area (Å²) in [4.78, 5) is 11.7. The van der Waals surface area contributed by atoms with Crippen molar-refractivity contribution in [2.75, 3.05) is 6.54 Å². The molecule has 1 saturated heterocycles. The van der Waals surface area contributed by atoms with Crippen LogP contribution in [-0.4, -0.2) is 23.6 Å². The second kappa shape index (κ2) is 4.75. The van der Waals surface area contributed by atoms with Crippen LogP contribution < -0.4 is 10.6 Å². The molecule has 3 N–H and O–H groups in total. The third-order valence-electron chi connectivity index (χ3n) is 3.08. The minimum Gasteiger partial charge on any atom is -0.508 e. The molecule has 0 saturated carbocycles. The molecule has 92 valence electrons. The van der Waals surface area contributed by atoms with Crippen LogP contribution in [0.5, 0.6) is 5.75 Å². The summed E-state index contributed by atoms with van der Waals surface area (Å²) >= 11 is 0. The van der Waals surface area contributed by atoms with Crippen LogP contribution in [0.4, 0.5) is 0 Å². The van der Waals surface area contributed by atoms with Gasteiger partial charge < -0.3 is 10.4 Å². The van der Waals surface area contributed by atoms with E-state index in [2.05, 4.69) is 10.6 Å². The number of nitrogens with one attached hydrogen (secondary N) is 2. The highest BCUT2D eigenvalue weighted by Crippen LogP contribution is 2.21. The first-order chi connectivity index (χ1) is 8.08. The lowest BCUT2D eigenvalue weighted by atomic mass is 9.96. The molecule has 0 aliphatic carbocycles. The third-order valence-corrected chi connectivity index (χ3v) is 3.08. The minimum atomic E-state index is -0.170. The second-order valence-corrected chi connectivity index (χ2v) is 4.78. The number of amides is 1. The van der Waals surface area contributed by atoms with Crippen LogP contribution in [0.2, 0.25) is 0 Å². The van der Waals surface area contributed by atoms with Gasteiger partial charge in [0.25, 0.3) is 0 Å². The molecule has 2 rings (SSSR count). The van der Waals surface area contributed by atoms with E-state index in [1.54, 1.807) is 12.1 Å². The Morgan fingerprint density at radius 1 is 1.41 bits per heavy atom. The van der Waals surface area contributed by atoms with Crippen LogP contribution in [0.3, 0.4) is 0 Å². The Hall–Kier alpha value is -1.55. The van der Waals surface area contributed by atoms with Crippen molar-refractivity contribution in [3.8, 4) is 5.75 Å². The third kappa shape index (κ3) is 2.58. The zero-order valence-corrected chi connectivity index (χ0v) is 10.1. The van der Waals surface area contributed by atoms with Gasteiger partial charge in [0, 0.05) is 6.54 Å². The van der Waals surface area contributed by atoms with E-state index in [9.17, 15) is 9.90 Å². The lowest BCUT2D eigenvalue weighted by molar-refractivity contribution is -0.126. The van der Waals surface area contributed by atoms with E-state index >= 15 is 0 Å². The average Bonchev–Trinajstić information content (AvgIpc) is 2.29. The Kier molecular flexibility index (Phi) is 3.33. The molecule has 17 heavy (non-hydrogen) atoms. The van der Waals surface area contributed by atoms with E-state index in [1.807, 2.05) is 26.0 Å². The molecule has 0 aromatic heterocycles. The lowest BCUT2D eigenvalue weighted by Crippen LogP contribution is -2.56. The first kappa shape index (κ1) is 11.9. The molecule has 4 nitrogen and oxygen atoms in total. The highest BCUT2D eigenvalue weighted by Gasteiger charge is 2.30. The van der Waals surface area contributed by atoms with Crippen LogP contribution in [0.25, 0.3) is 0 Å². The number of phenolic OH excluding ortho intramolecular Hbond substituents is 1. The van der Waals surface area contributed by atoms with Crippen molar-refractivity contribution in [2.24, 2.45) is 5.92 Å². The second-order valence-electron chi connectivity index (χ2n) is 4.78. The van der Waals surface area contributed by atoms with Gasteiger partial charge >= 0.3 is 0 Å². The number of carbonyl (C=O) groups is 1. The smallest absolute Gasteiger partial charge is 0.237 e. The van der Waals surface area contributed by atoms with Gasteiger partial charge in [-0.2, -0.15) is 0 Å². The number of phenols is 1. The highest BCUT2D eigenvalue weighted by atomic mass is 16.3. The van der Waals surface area contributed by atoms with E-state index in [1.165, 1.54) is 0 Å². The molecule has 1 aromatic carbocycles. The molecular weight excluding hydrogens is 216 g/mol. The van der Waals surface area contributed by atoms with Gasteiger partial charge in [0.15, 0.2) is 0 Å². The quantitative estimate of drug-likeness (QED) is 0.720. The summed E-state index contributed by atoms with van der Waals surface area (Å²) in [5.41, 5.74) is 0.996. The zero-order chi connectivity index (χ0) is 12.4. The molecule has 1 aliphatic rings. The van der Waals surface area contributed by atoms with Crippen molar-refractivity contribution >= 4 is 5.91 Å². The summed E-state index contributed by atoms with van der Waals surface area (Å²) in [6.45, 7) is 4.59. The normalized spacial score (nSPS) is 24.8. The molecule has 1 fully saturated rings. The topological polar surface area (TPSA) is 61.4 Å².